The van der Waals surface area contributed by atoms with Gasteiger partial charge < -0.3 is 10.1 Å². The number of nitrogens with one attached hydrogen (secondary N) is 1. The summed E-state index contributed by atoms with van der Waals surface area (Å²) in [6.07, 6.45) is 2.37. The zero-order chi connectivity index (χ0) is 17.7. The van der Waals surface area contributed by atoms with Gasteiger partial charge in [0.25, 0.3) is 5.91 Å². The summed E-state index contributed by atoms with van der Waals surface area (Å²) in [5, 5.41) is 3.88. The van der Waals surface area contributed by atoms with Gasteiger partial charge in [0.1, 0.15) is 5.03 Å². The van der Waals surface area contributed by atoms with Crippen LogP contribution in [0.4, 0.5) is 5.69 Å². The standard InChI is InChI=1S/C16H14Cl2N2O3S/c1-9(14(21)20-13-8-10(17)5-6-12(13)18)23-16(22)11-4-3-7-19-15(11)24-2/h3-9H,1-2H3,(H,20,21). The van der Waals surface area contributed by atoms with Crippen LogP contribution in [0.15, 0.2) is 41.6 Å². The molecule has 1 unspecified atom stereocenters. The highest BCUT2D eigenvalue weighted by Crippen LogP contribution is 2.25. The minimum atomic E-state index is -1.01. The molecule has 1 aromatic carbocycles. The van der Waals surface area contributed by atoms with Gasteiger partial charge in [0, 0.05) is 11.2 Å². The molecule has 0 spiro atoms. The predicted molar refractivity (Wildman–Crippen MR) is 96.0 cm³/mol. The first-order chi connectivity index (χ1) is 11.4. The average Bonchev–Trinajstić information content (AvgIpc) is 2.57. The molecule has 8 heteroatoms. The monoisotopic (exact) mass is 384 g/mol. The second-order valence-corrected chi connectivity index (χ2v) is 6.36. The summed E-state index contributed by atoms with van der Waals surface area (Å²) in [6, 6.07) is 7.92. The van der Waals surface area contributed by atoms with Crippen molar-refractivity contribution in [1.29, 1.82) is 0 Å². The van der Waals surface area contributed by atoms with Gasteiger partial charge in [-0.15, -0.1) is 11.8 Å². The number of carbonyl (C=O) groups is 2. The van der Waals surface area contributed by atoms with Crippen LogP contribution in [-0.4, -0.2) is 29.2 Å². The zero-order valence-corrected chi connectivity index (χ0v) is 15.2. The van der Waals surface area contributed by atoms with Crippen molar-refractivity contribution in [3.63, 3.8) is 0 Å². The lowest BCUT2D eigenvalue weighted by Crippen LogP contribution is -2.30. The van der Waals surface area contributed by atoms with Gasteiger partial charge in [0.15, 0.2) is 6.10 Å². The third-order valence-electron chi connectivity index (χ3n) is 3.02. The Morgan fingerprint density at radius 1 is 1.29 bits per heavy atom. The van der Waals surface area contributed by atoms with Gasteiger partial charge in [0.2, 0.25) is 0 Å². The lowest BCUT2D eigenvalue weighted by molar-refractivity contribution is -0.123. The quantitative estimate of drug-likeness (QED) is 0.614. The van der Waals surface area contributed by atoms with Crippen LogP contribution in [0.5, 0.6) is 0 Å². The number of hydrogen-bond acceptors (Lipinski definition) is 5. The van der Waals surface area contributed by atoms with E-state index in [0.717, 1.165) is 0 Å². The highest BCUT2D eigenvalue weighted by Gasteiger charge is 2.21. The van der Waals surface area contributed by atoms with Gasteiger partial charge in [-0.3, -0.25) is 4.79 Å². The normalized spacial score (nSPS) is 11.7. The number of esters is 1. The number of aromatic nitrogens is 1. The van der Waals surface area contributed by atoms with Gasteiger partial charge in [-0.1, -0.05) is 23.2 Å². The molecule has 2 aromatic rings. The van der Waals surface area contributed by atoms with Gasteiger partial charge in [0.05, 0.1) is 16.3 Å². The largest absolute Gasteiger partial charge is 0.449 e. The predicted octanol–water partition coefficient (Wildman–Crippen LogP) is 4.29. The van der Waals surface area contributed by atoms with Crippen molar-refractivity contribution in [2.45, 2.75) is 18.1 Å². The Balaban J connectivity index is 2.06. The summed E-state index contributed by atoms with van der Waals surface area (Å²) in [7, 11) is 0. The van der Waals surface area contributed by atoms with Crippen molar-refractivity contribution in [3.8, 4) is 0 Å². The highest BCUT2D eigenvalue weighted by molar-refractivity contribution is 7.98. The Labute approximate surface area is 153 Å². The second-order valence-electron chi connectivity index (χ2n) is 4.72. The van der Waals surface area contributed by atoms with Gasteiger partial charge in [-0.25, -0.2) is 9.78 Å². The third-order valence-corrected chi connectivity index (χ3v) is 4.30. The molecule has 1 atom stereocenters. The molecule has 24 heavy (non-hydrogen) atoms. The molecule has 0 aliphatic heterocycles. The van der Waals surface area contributed by atoms with Crippen molar-refractivity contribution in [2.24, 2.45) is 0 Å². The maximum Gasteiger partial charge on any atom is 0.341 e. The Kier molecular flexibility index (Phi) is 6.48. The fourth-order valence-electron chi connectivity index (χ4n) is 1.81. The van der Waals surface area contributed by atoms with Crippen LogP contribution in [-0.2, 0) is 9.53 Å². The van der Waals surface area contributed by atoms with E-state index in [2.05, 4.69) is 10.3 Å². The van der Waals surface area contributed by atoms with Gasteiger partial charge in [-0.2, -0.15) is 0 Å². The number of carbonyl (C=O) groups excluding carboxylic acids is 2. The average molecular weight is 385 g/mol. The van der Waals surface area contributed by atoms with Gasteiger partial charge in [-0.05, 0) is 43.5 Å². The summed E-state index contributed by atoms with van der Waals surface area (Å²) >= 11 is 13.2. The molecule has 0 radical (unpaired) electrons. The van der Waals surface area contributed by atoms with Crippen LogP contribution in [0.2, 0.25) is 10.0 Å². The number of anilines is 1. The number of ether oxygens (including phenoxy) is 1. The third kappa shape index (κ3) is 4.63. The fourth-order valence-corrected chi connectivity index (χ4v) is 2.69. The van der Waals surface area contributed by atoms with E-state index in [1.54, 1.807) is 36.7 Å². The summed E-state index contributed by atoms with van der Waals surface area (Å²) in [5.41, 5.74) is 0.661. The number of benzene rings is 1. The number of amides is 1. The van der Waals surface area contributed by atoms with Crippen molar-refractivity contribution < 1.29 is 14.3 Å². The van der Waals surface area contributed by atoms with Crippen LogP contribution in [0.1, 0.15) is 17.3 Å². The summed E-state index contributed by atoms with van der Waals surface area (Å²) in [5.74, 6) is -1.13. The lowest BCUT2D eigenvalue weighted by atomic mass is 10.2. The lowest BCUT2D eigenvalue weighted by Gasteiger charge is -2.15. The first-order valence-electron chi connectivity index (χ1n) is 6.88. The highest BCUT2D eigenvalue weighted by atomic mass is 35.5. The molecular weight excluding hydrogens is 371 g/mol. The number of halogens is 2. The molecule has 0 saturated carbocycles. The molecule has 0 aliphatic rings. The van der Waals surface area contributed by atoms with Crippen LogP contribution >= 0.6 is 35.0 Å². The number of rotatable bonds is 5. The molecule has 0 bridgehead atoms. The number of hydrogen-bond donors (Lipinski definition) is 1. The van der Waals surface area contributed by atoms with E-state index in [9.17, 15) is 9.59 Å². The number of pyridine rings is 1. The van der Waals surface area contributed by atoms with Crippen molar-refractivity contribution >= 4 is 52.5 Å². The molecule has 0 fully saturated rings. The maximum atomic E-state index is 12.2. The van der Waals surface area contributed by atoms with Crippen molar-refractivity contribution in [2.75, 3.05) is 11.6 Å². The van der Waals surface area contributed by atoms with Crippen molar-refractivity contribution in [1.82, 2.24) is 4.98 Å². The first-order valence-corrected chi connectivity index (χ1v) is 8.86. The Bertz CT molecular complexity index is 771. The number of thioether (sulfide) groups is 1. The molecule has 1 amide bonds. The molecule has 1 heterocycles. The van der Waals surface area contributed by atoms with E-state index >= 15 is 0 Å². The van der Waals surface area contributed by atoms with Gasteiger partial charge >= 0.3 is 5.97 Å². The zero-order valence-electron chi connectivity index (χ0n) is 12.9. The summed E-state index contributed by atoms with van der Waals surface area (Å²) in [6.45, 7) is 1.47. The van der Waals surface area contributed by atoms with Crippen molar-refractivity contribution in [3.05, 3.63) is 52.1 Å². The molecule has 126 valence electrons. The van der Waals surface area contributed by atoms with E-state index in [-0.39, 0.29) is 0 Å². The van der Waals surface area contributed by atoms with Crippen LogP contribution in [0, 0.1) is 0 Å². The molecule has 1 aromatic heterocycles. The van der Waals surface area contributed by atoms with Crippen LogP contribution < -0.4 is 5.32 Å². The summed E-state index contributed by atoms with van der Waals surface area (Å²) in [4.78, 5) is 28.5. The Hall–Kier alpha value is -1.76. The minimum absolute atomic E-state index is 0.311. The Morgan fingerprint density at radius 2 is 2.04 bits per heavy atom. The molecule has 0 saturated heterocycles. The van der Waals surface area contributed by atoms with E-state index < -0.39 is 18.0 Å². The van der Waals surface area contributed by atoms with Crippen LogP contribution in [0.3, 0.4) is 0 Å². The molecule has 0 aliphatic carbocycles. The molecule has 1 N–H and O–H groups in total. The maximum absolute atomic E-state index is 12.2. The van der Waals surface area contributed by atoms with E-state index in [0.29, 0.717) is 26.3 Å². The van der Waals surface area contributed by atoms with E-state index in [1.807, 2.05) is 0 Å². The Morgan fingerprint density at radius 3 is 2.75 bits per heavy atom. The SMILES string of the molecule is CSc1ncccc1C(=O)OC(C)C(=O)Nc1cc(Cl)ccc1Cl. The fraction of sp³-hybridized carbons (Fsp3) is 0.188. The first kappa shape index (κ1) is 18.6. The van der Waals surface area contributed by atoms with E-state index in [4.69, 9.17) is 27.9 Å². The second kappa shape index (κ2) is 8.37. The summed E-state index contributed by atoms with van der Waals surface area (Å²) < 4.78 is 5.20. The minimum Gasteiger partial charge on any atom is -0.449 e. The topological polar surface area (TPSA) is 68.3 Å². The molecule has 5 nitrogen and oxygen atoms in total. The number of nitrogens with zero attached hydrogens (tertiary/aromatic N) is 1. The molecule has 2 rings (SSSR count). The van der Waals surface area contributed by atoms with Crippen LogP contribution in [0.25, 0.3) is 0 Å². The smallest absolute Gasteiger partial charge is 0.341 e. The molecular formula is C16H14Cl2N2O3S. The van der Waals surface area contributed by atoms with E-state index in [1.165, 1.54) is 24.8 Å².